The van der Waals surface area contributed by atoms with Gasteiger partial charge in [0, 0.05) is 25.7 Å². The van der Waals surface area contributed by atoms with E-state index in [-0.39, 0.29) is 23.6 Å². The summed E-state index contributed by atoms with van der Waals surface area (Å²) in [6.45, 7) is 2.81. The van der Waals surface area contributed by atoms with Crippen molar-refractivity contribution in [2.24, 2.45) is 0 Å². The largest absolute Gasteiger partial charge is 0.508 e. The second-order valence-electron chi connectivity index (χ2n) is 7.01. The van der Waals surface area contributed by atoms with Crippen molar-refractivity contribution >= 4 is 11.8 Å². The summed E-state index contributed by atoms with van der Waals surface area (Å²) < 4.78 is 0. The highest BCUT2D eigenvalue weighted by Gasteiger charge is 2.28. The standard InChI is InChI=1S/C19H27N3O3/c23-17-6-3-4-15(12-17)7-8-16-5-1-2-10-22(16)19(25)14-21-11-9-20-18(24)13-21/h3-4,6,12,16,23H,1-2,5,7-11,13-14H2,(H,20,24)/t16-/m1/s1. The van der Waals surface area contributed by atoms with Crippen molar-refractivity contribution in [3.05, 3.63) is 29.8 Å². The molecule has 2 N–H and O–H groups in total. The first-order valence-electron chi connectivity index (χ1n) is 9.18. The fourth-order valence-electron chi connectivity index (χ4n) is 3.78. The highest BCUT2D eigenvalue weighted by molar-refractivity contribution is 5.82. The van der Waals surface area contributed by atoms with Crippen LogP contribution >= 0.6 is 0 Å². The number of piperazine rings is 1. The smallest absolute Gasteiger partial charge is 0.237 e. The van der Waals surface area contributed by atoms with Crippen LogP contribution in [0.1, 0.15) is 31.2 Å². The number of aryl methyl sites for hydroxylation is 1. The normalized spacial score (nSPS) is 21.8. The molecule has 1 aromatic carbocycles. The molecule has 3 rings (SSSR count). The molecule has 0 bridgehead atoms. The summed E-state index contributed by atoms with van der Waals surface area (Å²) in [5.74, 6) is 0.422. The number of aromatic hydroxyl groups is 1. The molecule has 0 saturated carbocycles. The van der Waals surface area contributed by atoms with Gasteiger partial charge in [-0.25, -0.2) is 0 Å². The van der Waals surface area contributed by atoms with Crippen LogP contribution in [0.2, 0.25) is 0 Å². The molecule has 0 radical (unpaired) electrons. The maximum absolute atomic E-state index is 12.8. The van der Waals surface area contributed by atoms with Crippen molar-refractivity contribution in [2.45, 2.75) is 38.1 Å². The third-order valence-corrected chi connectivity index (χ3v) is 5.10. The first-order chi connectivity index (χ1) is 12.1. The summed E-state index contributed by atoms with van der Waals surface area (Å²) in [7, 11) is 0. The summed E-state index contributed by atoms with van der Waals surface area (Å²) in [6.07, 6.45) is 5.01. The fraction of sp³-hybridized carbons (Fsp3) is 0.579. The number of phenols is 1. The zero-order chi connectivity index (χ0) is 17.6. The van der Waals surface area contributed by atoms with E-state index in [1.807, 2.05) is 21.9 Å². The Morgan fingerprint density at radius 1 is 1.28 bits per heavy atom. The van der Waals surface area contributed by atoms with E-state index in [4.69, 9.17) is 0 Å². The Kier molecular flexibility index (Phi) is 5.91. The van der Waals surface area contributed by atoms with Crippen LogP contribution in [-0.2, 0) is 16.0 Å². The van der Waals surface area contributed by atoms with Crippen molar-refractivity contribution in [1.29, 1.82) is 0 Å². The van der Waals surface area contributed by atoms with E-state index in [1.165, 1.54) is 0 Å². The number of benzene rings is 1. The Bertz CT molecular complexity index is 620. The molecule has 0 aromatic heterocycles. The average molecular weight is 345 g/mol. The summed E-state index contributed by atoms with van der Waals surface area (Å²) in [6, 6.07) is 7.59. The van der Waals surface area contributed by atoms with Gasteiger partial charge in [-0.2, -0.15) is 0 Å². The lowest BCUT2D eigenvalue weighted by Crippen LogP contribution is -2.53. The molecule has 0 unspecified atom stereocenters. The Labute approximate surface area is 148 Å². The van der Waals surface area contributed by atoms with Crippen LogP contribution in [0, 0.1) is 0 Å². The Morgan fingerprint density at radius 2 is 2.16 bits per heavy atom. The van der Waals surface area contributed by atoms with Crippen molar-refractivity contribution in [1.82, 2.24) is 15.1 Å². The number of rotatable bonds is 5. The third-order valence-electron chi connectivity index (χ3n) is 5.10. The molecule has 2 aliphatic heterocycles. The van der Waals surface area contributed by atoms with Gasteiger partial charge in [0.25, 0.3) is 0 Å². The van der Waals surface area contributed by atoms with E-state index in [0.717, 1.165) is 50.8 Å². The van der Waals surface area contributed by atoms with E-state index < -0.39 is 0 Å². The average Bonchev–Trinajstić information content (AvgIpc) is 2.60. The number of carbonyl (C=O) groups is 2. The summed E-state index contributed by atoms with van der Waals surface area (Å²) in [5.41, 5.74) is 1.10. The molecule has 0 spiro atoms. The predicted molar refractivity (Wildman–Crippen MR) is 95.2 cm³/mol. The Morgan fingerprint density at radius 3 is 2.96 bits per heavy atom. The lowest BCUT2D eigenvalue weighted by Gasteiger charge is -2.37. The minimum atomic E-state index is -0.00173. The van der Waals surface area contributed by atoms with Crippen LogP contribution in [0.15, 0.2) is 24.3 Å². The highest BCUT2D eigenvalue weighted by atomic mass is 16.3. The minimum Gasteiger partial charge on any atom is -0.508 e. The van der Waals surface area contributed by atoms with Crippen molar-refractivity contribution in [3.63, 3.8) is 0 Å². The highest BCUT2D eigenvalue weighted by Crippen LogP contribution is 2.22. The monoisotopic (exact) mass is 345 g/mol. The molecule has 6 heteroatoms. The van der Waals surface area contributed by atoms with E-state index in [1.54, 1.807) is 12.1 Å². The molecule has 2 aliphatic rings. The van der Waals surface area contributed by atoms with Gasteiger partial charge in [0.1, 0.15) is 5.75 Å². The minimum absolute atomic E-state index is 0.00173. The number of hydrogen-bond acceptors (Lipinski definition) is 4. The van der Waals surface area contributed by atoms with E-state index in [2.05, 4.69) is 5.32 Å². The summed E-state index contributed by atoms with van der Waals surface area (Å²) in [4.78, 5) is 28.2. The molecular formula is C19H27N3O3. The number of nitrogens with one attached hydrogen (secondary N) is 1. The van der Waals surface area contributed by atoms with Gasteiger partial charge < -0.3 is 15.3 Å². The molecule has 2 fully saturated rings. The topological polar surface area (TPSA) is 72.9 Å². The predicted octanol–water partition coefficient (Wildman–Crippen LogP) is 1.14. The lowest BCUT2D eigenvalue weighted by atomic mass is 9.95. The fourth-order valence-corrected chi connectivity index (χ4v) is 3.78. The van der Waals surface area contributed by atoms with Crippen LogP contribution in [-0.4, -0.2) is 65.5 Å². The van der Waals surface area contributed by atoms with E-state index in [9.17, 15) is 14.7 Å². The summed E-state index contributed by atoms with van der Waals surface area (Å²) in [5, 5.41) is 12.4. The van der Waals surface area contributed by atoms with Crippen molar-refractivity contribution < 1.29 is 14.7 Å². The van der Waals surface area contributed by atoms with Crippen LogP contribution in [0.5, 0.6) is 5.75 Å². The van der Waals surface area contributed by atoms with Gasteiger partial charge in [-0.1, -0.05) is 12.1 Å². The number of nitrogens with zero attached hydrogens (tertiary/aromatic N) is 2. The van der Waals surface area contributed by atoms with Crippen LogP contribution in [0.25, 0.3) is 0 Å². The van der Waals surface area contributed by atoms with Crippen molar-refractivity contribution in [3.8, 4) is 5.75 Å². The van der Waals surface area contributed by atoms with E-state index >= 15 is 0 Å². The molecule has 25 heavy (non-hydrogen) atoms. The van der Waals surface area contributed by atoms with Gasteiger partial charge in [0.05, 0.1) is 13.1 Å². The molecule has 2 saturated heterocycles. The van der Waals surface area contributed by atoms with Crippen LogP contribution < -0.4 is 5.32 Å². The van der Waals surface area contributed by atoms with Gasteiger partial charge in [-0.15, -0.1) is 0 Å². The lowest BCUT2D eigenvalue weighted by molar-refractivity contribution is -0.137. The SMILES string of the molecule is O=C1CN(CC(=O)N2CCCC[C@@H]2CCc2cccc(O)c2)CCN1. The molecule has 1 aromatic rings. The van der Waals surface area contributed by atoms with Gasteiger partial charge in [-0.3, -0.25) is 14.5 Å². The Hall–Kier alpha value is -2.08. The second-order valence-corrected chi connectivity index (χ2v) is 7.01. The summed E-state index contributed by atoms with van der Waals surface area (Å²) >= 11 is 0. The molecule has 1 atom stereocenters. The molecule has 6 nitrogen and oxygen atoms in total. The number of hydrogen-bond donors (Lipinski definition) is 2. The third kappa shape index (κ3) is 4.95. The van der Waals surface area contributed by atoms with Gasteiger partial charge >= 0.3 is 0 Å². The van der Waals surface area contributed by atoms with E-state index in [0.29, 0.717) is 19.6 Å². The number of amides is 2. The zero-order valence-electron chi connectivity index (χ0n) is 14.6. The van der Waals surface area contributed by atoms with Crippen LogP contribution in [0.3, 0.4) is 0 Å². The molecule has 0 aliphatic carbocycles. The van der Waals surface area contributed by atoms with Gasteiger partial charge in [-0.05, 0) is 49.8 Å². The maximum Gasteiger partial charge on any atom is 0.237 e. The molecule has 2 heterocycles. The van der Waals surface area contributed by atoms with Crippen molar-refractivity contribution in [2.75, 3.05) is 32.7 Å². The number of likely N-dealkylation sites (tertiary alicyclic amines) is 1. The molecular weight excluding hydrogens is 318 g/mol. The molecule has 2 amide bonds. The quantitative estimate of drug-likeness (QED) is 0.839. The number of piperidine rings is 1. The zero-order valence-corrected chi connectivity index (χ0v) is 14.6. The first-order valence-corrected chi connectivity index (χ1v) is 9.18. The number of carbonyl (C=O) groups excluding carboxylic acids is 2. The van der Waals surface area contributed by atoms with Gasteiger partial charge in [0.2, 0.25) is 11.8 Å². The molecule has 136 valence electrons. The first kappa shape index (κ1) is 17.7. The number of phenolic OH excluding ortho intramolecular Hbond substituents is 1. The van der Waals surface area contributed by atoms with Crippen LogP contribution in [0.4, 0.5) is 0 Å². The van der Waals surface area contributed by atoms with Gasteiger partial charge in [0.15, 0.2) is 0 Å². The second kappa shape index (κ2) is 8.34. The maximum atomic E-state index is 12.8. The Balaban J connectivity index is 1.56.